The molecule has 3 heterocycles. The first-order valence-corrected chi connectivity index (χ1v) is 8.81. The number of β-amino-alcohol motifs (C(OH)–C–C–N with tert-alkyl or cyclic N) is 1. The molecular weight excluding hydrogens is 334 g/mol. The molecule has 2 aromatic heterocycles. The van der Waals surface area contributed by atoms with Gasteiger partial charge in [-0.3, -0.25) is 19.7 Å². The third kappa shape index (κ3) is 3.91. The van der Waals surface area contributed by atoms with E-state index < -0.39 is 12.1 Å². The van der Waals surface area contributed by atoms with Crippen molar-refractivity contribution in [1.29, 1.82) is 0 Å². The highest BCUT2D eigenvalue weighted by Crippen LogP contribution is 2.15. The summed E-state index contributed by atoms with van der Waals surface area (Å²) in [5, 5.41) is 20.0. The van der Waals surface area contributed by atoms with Crippen LogP contribution in [0.4, 0.5) is 0 Å². The molecule has 1 saturated heterocycles. The highest BCUT2D eigenvalue weighted by Gasteiger charge is 2.32. The number of nitrogens with zero attached hydrogens (tertiary/aromatic N) is 3. The van der Waals surface area contributed by atoms with Crippen LogP contribution in [0.1, 0.15) is 46.3 Å². The number of aromatic nitrogens is 3. The number of pyridine rings is 1. The Hall–Kier alpha value is -2.74. The molecule has 0 radical (unpaired) electrons. The summed E-state index contributed by atoms with van der Waals surface area (Å²) in [6, 6.07) is 4.74. The molecule has 0 unspecified atom stereocenters. The third-order valence-corrected chi connectivity index (χ3v) is 4.53. The largest absolute Gasteiger partial charge is 0.389 e. The number of rotatable bonds is 5. The van der Waals surface area contributed by atoms with Gasteiger partial charge in [-0.05, 0) is 25.0 Å². The molecule has 2 amide bonds. The minimum atomic E-state index is -0.832. The number of piperidine rings is 1. The fraction of sp³-hybridized carbons (Fsp3) is 0.444. The highest BCUT2D eigenvalue weighted by molar-refractivity contribution is 5.95. The molecule has 0 aliphatic carbocycles. The number of hydrogen-bond donors (Lipinski definition) is 3. The first-order valence-electron chi connectivity index (χ1n) is 8.81. The number of amides is 2. The van der Waals surface area contributed by atoms with Gasteiger partial charge in [0.2, 0.25) is 0 Å². The Balaban J connectivity index is 1.60. The molecular formula is C18H23N5O3. The van der Waals surface area contributed by atoms with Crippen molar-refractivity contribution in [3.8, 4) is 0 Å². The first-order chi connectivity index (χ1) is 12.6. The second-order valence-corrected chi connectivity index (χ2v) is 6.41. The molecule has 8 heteroatoms. The predicted molar refractivity (Wildman–Crippen MR) is 94.6 cm³/mol. The molecule has 1 fully saturated rings. The summed E-state index contributed by atoms with van der Waals surface area (Å²) in [7, 11) is 0. The molecule has 0 spiro atoms. The van der Waals surface area contributed by atoms with E-state index in [0.717, 1.165) is 18.5 Å². The number of H-pyrrole nitrogens is 1. The number of aliphatic hydroxyl groups is 1. The van der Waals surface area contributed by atoms with Crippen LogP contribution in [0.25, 0.3) is 0 Å². The lowest BCUT2D eigenvalue weighted by atomic mass is 10.0. The van der Waals surface area contributed by atoms with E-state index in [2.05, 4.69) is 20.5 Å². The number of nitrogens with one attached hydrogen (secondary N) is 2. The van der Waals surface area contributed by atoms with Crippen LogP contribution in [0, 0.1) is 0 Å². The lowest BCUT2D eigenvalue weighted by molar-refractivity contribution is 0.0311. The average Bonchev–Trinajstić information content (AvgIpc) is 3.12. The molecule has 8 nitrogen and oxygen atoms in total. The summed E-state index contributed by atoms with van der Waals surface area (Å²) >= 11 is 0. The number of carbonyl (C=O) groups excluding carboxylic acids is 2. The maximum atomic E-state index is 12.5. The summed E-state index contributed by atoms with van der Waals surface area (Å²) in [6.07, 6.45) is 4.36. The van der Waals surface area contributed by atoms with E-state index in [1.54, 1.807) is 29.3 Å². The maximum Gasteiger partial charge on any atom is 0.272 e. The Morgan fingerprint density at radius 1 is 1.42 bits per heavy atom. The van der Waals surface area contributed by atoms with Gasteiger partial charge in [-0.2, -0.15) is 5.10 Å². The average molecular weight is 357 g/mol. The summed E-state index contributed by atoms with van der Waals surface area (Å²) < 4.78 is 0. The fourth-order valence-electron chi connectivity index (χ4n) is 3.13. The van der Waals surface area contributed by atoms with Crippen LogP contribution < -0.4 is 5.32 Å². The number of hydrogen-bond acceptors (Lipinski definition) is 5. The Morgan fingerprint density at radius 3 is 2.96 bits per heavy atom. The molecule has 3 rings (SSSR count). The van der Waals surface area contributed by atoms with E-state index in [0.29, 0.717) is 24.2 Å². The number of aliphatic hydroxyl groups excluding tert-OH is 1. The number of carbonyl (C=O) groups is 2. The molecule has 1 aliphatic rings. The minimum absolute atomic E-state index is 0.160. The Bertz CT molecular complexity index is 761. The molecule has 3 N–H and O–H groups in total. The second kappa shape index (κ2) is 8.09. The van der Waals surface area contributed by atoms with Crippen molar-refractivity contribution in [3.63, 3.8) is 0 Å². The van der Waals surface area contributed by atoms with Crippen LogP contribution in [0.5, 0.6) is 0 Å². The summed E-state index contributed by atoms with van der Waals surface area (Å²) in [6.45, 7) is 2.64. The van der Waals surface area contributed by atoms with Gasteiger partial charge in [-0.1, -0.05) is 19.4 Å². The molecule has 2 atom stereocenters. The zero-order valence-corrected chi connectivity index (χ0v) is 14.7. The Morgan fingerprint density at radius 2 is 2.27 bits per heavy atom. The molecule has 138 valence electrons. The molecule has 2 aromatic rings. The zero-order valence-electron chi connectivity index (χ0n) is 14.7. The number of aromatic amines is 1. The van der Waals surface area contributed by atoms with Crippen LogP contribution in [-0.2, 0) is 6.42 Å². The van der Waals surface area contributed by atoms with Gasteiger partial charge < -0.3 is 15.3 Å². The lowest BCUT2D eigenvalue weighted by Crippen LogP contribution is -2.55. The first kappa shape index (κ1) is 18.1. The van der Waals surface area contributed by atoms with Gasteiger partial charge in [0.05, 0.1) is 23.9 Å². The van der Waals surface area contributed by atoms with Gasteiger partial charge in [-0.25, -0.2) is 0 Å². The number of aryl methyl sites for hydroxylation is 1. The summed E-state index contributed by atoms with van der Waals surface area (Å²) in [5.41, 5.74) is 1.65. The van der Waals surface area contributed by atoms with Crippen molar-refractivity contribution in [2.75, 3.05) is 13.1 Å². The van der Waals surface area contributed by atoms with Crippen LogP contribution >= 0.6 is 0 Å². The van der Waals surface area contributed by atoms with Crippen molar-refractivity contribution in [3.05, 3.63) is 47.5 Å². The molecule has 0 bridgehead atoms. The van der Waals surface area contributed by atoms with E-state index in [-0.39, 0.29) is 18.4 Å². The van der Waals surface area contributed by atoms with E-state index in [1.165, 1.54) is 6.20 Å². The van der Waals surface area contributed by atoms with Gasteiger partial charge in [0.15, 0.2) is 0 Å². The van der Waals surface area contributed by atoms with Gasteiger partial charge in [0, 0.05) is 25.0 Å². The minimum Gasteiger partial charge on any atom is -0.389 e. The van der Waals surface area contributed by atoms with Crippen LogP contribution in [-0.4, -0.2) is 62.2 Å². The van der Waals surface area contributed by atoms with E-state index in [4.69, 9.17) is 0 Å². The summed E-state index contributed by atoms with van der Waals surface area (Å²) in [4.78, 5) is 30.5. The van der Waals surface area contributed by atoms with Crippen molar-refractivity contribution >= 4 is 11.8 Å². The second-order valence-electron chi connectivity index (χ2n) is 6.41. The monoisotopic (exact) mass is 357 g/mol. The lowest BCUT2D eigenvalue weighted by Gasteiger charge is -2.36. The molecule has 0 aromatic carbocycles. The van der Waals surface area contributed by atoms with Crippen molar-refractivity contribution in [1.82, 2.24) is 25.4 Å². The van der Waals surface area contributed by atoms with E-state index >= 15 is 0 Å². The maximum absolute atomic E-state index is 12.5. The SMILES string of the molecule is CCCc1[nH]ncc1C(=O)N[C@@H]1CCN(C(=O)c2ccccn2)C[C@H]1O. The van der Waals surface area contributed by atoms with Crippen molar-refractivity contribution in [2.45, 2.75) is 38.3 Å². The summed E-state index contributed by atoms with van der Waals surface area (Å²) in [5.74, 6) is -0.467. The smallest absolute Gasteiger partial charge is 0.272 e. The van der Waals surface area contributed by atoms with Crippen LogP contribution in [0.3, 0.4) is 0 Å². The van der Waals surface area contributed by atoms with Crippen LogP contribution in [0.2, 0.25) is 0 Å². The van der Waals surface area contributed by atoms with Crippen LogP contribution in [0.15, 0.2) is 30.6 Å². The quantitative estimate of drug-likeness (QED) is 0.732. The topological polar surface area (TPSA) is 111 Å². The molecule has 26 heavy (non-hydrogen) atoms. The van der Waals surface area contributed by atoms with Gasteiger partial charge >= 0.3 is 0 Å². The Kier molecular flexibility index (Phi) is 5.62. The normalized spacial score (nSPS) is 20.0. The predicted octanol–water partition coefficient (Wildman–Crippen LogP) is 0.763. The molecule has 1 aliphatic heterocycles. The molecule has 0 saturated carbocycles. The standard InChI is InChI=1S/C18H23N5O3/c1-2-5-13-12(10-20-22-13)17(25)21-14-7-9-23(11-16(14)24)18(26)15-6-3-4-8-19-15/h3-4,6,8,10,14,16,24H,2,5,7,9,11H2,1H3,(H,20,22)(H,21,25)/t14-,16-/m1/s1. The fourth-order valence-corrected chi connectivity index (χ4v) is 3.13. The third-order valence-electron chi connectivity index (χ3n) is 4.53. The zero-order chi connectivity index (χ0) is 18.5. The van der Waals surface area contributed by atoms with Crippen molar-refractivity contribution in [2.24, 2.45) is 0 Å². The van der Waals surface area contributed by atoms with Gasteiger partial charge in [0.1, 0.15) is 5.69 Å². The van der Waals surface area contributed by atoms with Crippen molar-refractivity contribution < 1.29 is 14.7 Å². The Labute approximate surface area is 151 Å². The highest BCUT2D eigenvalue weighted by atomic mass is 16.3. The van der Waals surface area contributed by atoms with E-state index in [9.17, 15) is 14.7 Å². The van der Waals surface area contributed by atoms with Gasteiger partial charge in [-0.15, -0.1) is 0 Å². The van der Waals surface area contributed by atoms with Gasteiger partial charge in [0.25, 0.3) is 11.8 Å². The van der Waals surface area contributed by atoms with E-state index in [1.807, 2.05) is 6.92 Å². The number of likely N-dealkylation sites (tertiary alicyclic amines) is 1.